The molecule has 0 radical (unpaired) electrons. The first-order chi connectivity index (χ1) is 10.9. The van der Waals surface area contributed by atoms with Gasteiger partial charge in [0.25, 0.3) is 0 Å². The Labute approximate surface area is 140 Å². The SMILES string of the molecule is CCC(C)C(=O)N1CCCC(C(=O)N2CCCC2CC(C)O)C1. The molecule has 2 aliphatic rings. The highest BCUT2D eigenvalue weighted by atomic mass is 16.3. The number of carbonyl (C=O) groups is 2. The molecular weight excluding hydrogens is 292 g/mol. The third kappa shape index (κ3) is 4.46. The number of nitrogens with zero attached hydrogens (tertiary/aromatic N) is 2. The summed E-state index contributed by atoms with van der Waals surface area (Å²) >= 11 is 0. The largest absolute Gasteiger partial charge is 0.393 e. The fourth-order valence-electron chi connectivity index (χ4n) is 3.86. The maximum atomic E-state index is 12.9. The molecule has 2 amide bonds. The molecule has 2 rings (SSSR count). The minimum absolute atomic E-state index is 0.0404. The third-order valence-corrected chi connectivity index (χ3v) is 5.39. The third-order valence-electron chi connectivity index (χ3n) is 5.39. The minimum Gasteiger partial charge on any atom is -0.393 e. The number of carbonyl (C=O) groups excluding carboxylic acids is 2. The molecule has 0 aromatic rings. The van der Waals surface area contributed by atoms with E-state index < -0.39 is 0 Å². The molecule has 0 spiro atoms. The van der Waals surface area contributed by atoms with E-state index in [1.807, 2.05) is 23.6 Å². The monoisotopic (exact) mass is 324 g/mol. The Morgan fingerprint density at radius 3 is 2.52 bits per heavy atom. The van der Waals surface area contributed by atoms with Gasteiger partial charge in [0, 0.05) is 31.6 Å². The van der Waals surface area contributed by atoms with Crippen molar-refractivity contribution in [1.82, 2.24) is 9.80 Å². The van der Waals surface area contributed by atoms with Crippen molar-refractivity contribution in [3.8, 4) is 0 Å². The normalized spacial score (nSPS) is 27.8. The Morgan fingerprint density at radius 2 is 1.87 bits per heavy atom. The van der Waals surface area contributed by atoms with Crippen LogP contribution in [0.5, 0.6) is 0 Å². The Hall–Kier alpha value is -1.10. The molecule has 23 heavy (non-hydrogen) atoms. The molecule has 132 valence electrons. The lowest BCUT2D eigenvalue weighted by atomic mass is 9.94. The van der Waals surface area contributed by atoms with Gasteiger partial charge in [-0.05, 0) is 45.4 Å². The number of hydrogen-bond acceptors (Lipinski definition) is 3. The smallest absolute Gasteiger partial charge is 0.227 e. The zero-order valence-electron chi connectivity index (χ0n) is 14.8. The van der Waals surface area contributed by atoms with Crippen LogP contribution >= 0.6 is 0 Å². The Kier molecular flexibility index (Phi) is 6.45. The van der Waals surface area contributed by atoms with Gasteiger partial charge in [0.2, 0.25) is 11.8 Å². The van der Waals surface area contributed by atoms with Crippen LogP contribution in [0.2, 0.25) is 0 Å². The maximum Gasteiger partial charge on any atom is 0.227 e. The van der Waals surface area contributed by atoms with Crippen molar-refractivity contribution in [1.29, 1.82) is 0 Å². The van der Waals surface area contributed by atoms with E-state index in [1.54, 1.807) is 6.92 Å². The highest BCUT2D eigenvalue weighted by Crippen LogP contribution is 2.27. The van der Waals surface area contributed by atoms with E-state index in [9.17, 15) is 14.7 Å². The Balaban J connectivity index is 1.97. The zero-order valence-corrected chi connectivity index (χ0v) is 14.8. The summed E-state index contributed by atoms with van der Waals surface area (Å²) < 4.78 is 0. The number of likely N-dealkylation sites (tertiary alicyclic amines) is 2. The summed E-state index contributed by atoms with van der Waals surface area (Å²) in [5, 5.41) is 9.63. The number of aliphatic hydroxyl groups excluding tert-OH is 1. The van der Waals surface area contributed by atoms with Gasteiger partial charge in [-0.25, -0.2) is 0 Å². The van der Waals surface area contributed by atoms with Crippen molar-refractivity contribution in [3.05, 3.63) is 0 Å². The van der Waals surface area contributed by atoms with E-state index in [2.05, 4.69) is 0 Å². The van der Waals surface area contributed by atoms with Gasteiger partial charge in [0.15, 0.2) is 0 Å². The summed E-state index contributed by atoms with van der Waals surface area (Å²) in [5.74, 6) is 0.353. The second kappa shape index (κ2) is 8.13. The van der Waals surface area contributed by atoms with Crippen LogP contribution in [-0.2, 0) is 9.59 Å². The summed E-state index contributed by atoms with van der Waals surface area (Å²) in [6.45, 7) is 7.93. The standard InChI is InChI=1S/C18H32N2O3/c1-4-13(2)17(22)19-9-5-7-15(12-19)18(23)20-10-6-8-16(20)11-14(3)21/h13-16,21H,4-12H2,1-3H3. The van der Waals surface area contributed by atoms with Gasteiger partial charge in [-0.15, -0.1) is 0 Å². The van der Waals surface area contributed by atoms with Crippen molar-refractivity contribution < 1.29 is 14.7 Å². The molecule has 2 saturated heterocycles. The molecule has 2 aliphatic heterocycles. The number of rotatable bonds is 5. The lowest BCUT2D eigenvalue weighted by Gasteiger charge is -2.36. The lowest BCUT2D eigenvalue weighted by Crippen LogP contribution is -2.49. The van der Waals surface area contributed by atoms with Crippen molar-refractivity contribution >= 4 is 11.8 Å². The summed E-state index contributed by atoms with van der Waals surface area (Å²) in [5.41, 5.74) is 0. The molecule has 2 heterocycles. The molecule has 5 nitrogen and oxygen atoms in total. The van der Waals surface area contributed by atoms with Gasteiger partial charge in [-0.2, -0.15) is 0 Å². The lowest BCUT2D eigenvalue weighted by molar-refractivity contribution is -0.143. The Morgan fingerprint density at radius 1 is 1.17 bits per heavy atom. The molecule has 5 heteroatoms. The van der Waals surface area contributed by atoms with Crippen LogP contribution in [0.4, 0.5) is 0 Å². The van der Waals surface area contributed by atoms with Crippen LogP contribution in [0.25, 0.3) is 0 Å². The van der Waals surface area contributed by atoms with Crippen molar-refractivity contribution in [2.24, 2.45) is 11.8 Å². The molecule has 0 aromatic heterocycles. The van der Waals surface area contributed by atoms with E-state index in [4.69, 9.17) is 0 Å². The average Bonchev–Trinajstić information content (AvgIpc) is 3.00. The highest BCUT2D eigenvalue weighted by molar-refractivity contribution is 5.82. The number of hydrogen-bond donors (Lipinski definition) is 1. The van der Waals surface area contributed by atoms with E-state index in [-0.39, 0.29) is 35.8 Å². The average molecular weight is 324 g/mol. The maximum absolute atomic E-state index is 12.9. The van der Waals surface area contributed by atoms with Gasteiger partial charge in [0.1, 0.15) is 0 Å². The fraction of sp³-hybridized carbons (Fsp3) is 0.889. The summed E-state index contributed by atoms with van der Waals surface area (Å²) in [6, 6.07) is 0.170. The van der Waals surface area contributed by atoms with Crippen molar-refractivity contribution in [2.75, 3.05) is 19.6 Å². The number of piperidine rings is 1. The van der Waals surface area contributed by atoms with Gasteiger partial charge in [-0.1, -0.05) is 13.8 Å². The highest BCUT2D eigenvalue weighted by Gasteiger charge is 2.36. The predicted molar refractivity (Wildman–Crippen MR) is 89.8 cm³/mol. The summed E-state index contributed by atoms with van der Waals surface area (Å²) in [4.78, 5) is 29.2. The molecule has 1 N–H and O–H groups in total. The van der Waals surface area contributed by atoms with E-state index in [0.717, 1.165) is 45.2 Å². The van der Waals surface area contributed by atoms with E-state index >= 15 is 0 Å². The van der Waals surface area contributed by atoms with Crippen LogP contribution < -0.4 is 0 Å². The quantitative estimate of drug-likeness (QED) is 0.842. The topological polar surface area (TPSA) is 60.9 Å². The summed E-state index contributed by atoms with van der Waals surface area (Å²) in [7, 11) is 0. The van der Waals surface area contributed by atoms with Gasteiger partial charge < -0.3 is 14.9 Å². The van der Waals surface area contributed by atoms with Crippen LogP contribution in [0.3, 0.4) is 0 Å². The van der Waals surface area contributed by atoms with Gasteiger partial charge in [-0.3, -0.25) is 9.59 Å². The van der Waals surface area contributed by atoms with Crippen molar-refractivity contribution in [3.63, 3.8) is 0 Å². The van der Waals surface area contributed by atoms with Gasteiger partial charge >= 0.3 is 0 Å². The zero-order chi connectivity index (χ0) is 17.0. The Bertz CT molecular complexity index is 424. The van der Waals surface area contributed by atoms with Crippen LogP contribution in [0.15, 0.2) is 0 Å². The minimum atomic E-state index is -0.372. The number of amides is 2. The molecular formula is C18H32N2O3. The van der Waals surface area contributed by atoms with E-state index in [0.29, 0.717) is 13.0 Å². The molecule has 0 aliphatic carbocycles. The molecule has 0 aromatic carbocycles. The molecule has 4 unspecified atom stereocenters. The molecule has 4 atom stereocenters. The van der Waals surface area contributed by atoms with E-state index in [1.165, 1.54) is 0 Å². The van der Waals surface area contributed by atoms with Crippen LogP contribution in [0.1, 0.15) is 59.3 Å². The molecule has 0 bridgehead atoms. The first-order valence-corrected chi connectivity index (χ1v) is 9.21. The number of aliphatic hydroxyl groups is 1. The first kappa shape index (κ1) is 18.2. The predicted octanol–water partition coefficient (Wildman–Crippen LogP) is 2.03. The molecule has 2 fully saturated rings. The van der Waals surface area contributed by atoms with Crippen LogP contribution in [-0.4, -0.2) is 58.5 Å². The first-order valence-electron chi connectivity index (χ1n) is 9.21. The second-order valence-electron chi connectivity index (χ2n) is 7.35. The van der Waals surface area contributed by atoms with Crippen LogP contribution in [0, 0.1) is 11.8 Å². The fourth-order valence-corrected chi connectivity index (χ4v) is 3.86. The molecule has 0 saturated carbocycles. The van der Waals surface area contributed by atoms with Crippen molar-refractivity contribution in [2.45, 2.75) is 71.4 Å². The van der Waals surface area contributed by atoms with Gasteiger partial charge in [0.05, 0.1) is 12.0 Å². The second-order valence-corrected chi connectivity index (χ2v) is 7.35. The summed E-state index contributed by atoms with van der Waals surface area (Å²) in [6.07, 6.45) is 4.92.